The summed E-state index contributed by atoms with van der Waals surface area (Å²) in [6.45, 7) is 10.7. The molecule has 0 spiro atoms. The minimum Gasteiger partial charge on any atom is -0.299 e. The van der Waals surface area contributed by atoms with Gasteiger partial charge in [-0.2, -0.15) is 0 Å². The van der Waals surface area contributed by atoms with Crippen LogP contribution in [-0.2, 0) is 4.79 Å². The molecule has 0 saturated carbocycles. The number of hydrogen-bond donors (Lipinski definition) is 0. The largest absolute Gasteiger partial charge is 0.299 e. The number of allylic oxidation sites excluding steroid dienone is 5. The summed E-state index contributed by atoms with van der Waals surface area (Å²) in [6, 6.07) is 9.04. The molecular formula is C23H26O. The van der Waals surface area contributed by atoms with Crippen molar-refractivity contribution in [2.24, 2.45) is 0 Å². The van der Waals surface area contributed by atoms with Crippen molar-refractivity contribution in [3.8, 4) is 11.1 Å². The minimum absolute atomic E-state index is 0.517. The monoisotopic (exact) mass is 318 g/mol. The molecule has 0 atom stereocenters. The zero-order chi connectivity index (χ0) is 17.7. The molecule has 0 fully saturated rings. The fourth-order valence-corrected chi connectivity index (χ4v) is 2.90. The van der Waals surface area contributed by atoms with E-state index in [2.05, 4.69) is 58.0 Å². The maximum absolute atomic E-state index is 10.4. The third-order valence-corrected chi connectivity index (χ3v) is 4.33. The molecular weight excluding hydrogens is 292 g/mol. The Balaban J connectivity index is 2.41. The van der Waals surface area contributed by atoms with Gasteiger partial charge in [-0.15, -0.1) is 0 Å². The fraction of sp³-hybridized carbons (Fsp3) is 0.261. The summed E-state index contributed by atoms with van der Waals surface area (Å²) in [4.78, 5) is 10.4. The van der Waals surface area contributed by atoms with Gasteiger partial charge in [0.15, 0.2) is 0 Å². The lowest BCUT2D eigenvalue weighted by Gasteiger charge is -2.04. The van der Waals surface area contributed by atoms with Gasteiger partial charge in [-0.25, -0.2) is 0 Å². The molecule has 0 aromatic heterocycles. The predicted octanol–water partition coefficient (Wildman–Crippen LogP) is 6.25. The minimum atomic E-state index is 0.517. The van der Waals surface area contributed by atoms with E-state index in [9.17, 15) is 4.79 Å². The molecule has 0 saturated heterocycles. The van der Waals surface area contributed by atoms with Crippen molar-refractivity contribution in [3.05, 3.63) is 76.4 Å². The second-order valence-electron chi connectivity index (χ2n) is 6.65. The first-order valence-electron chi connectivity index (χ1n) is 8.44. The number of carbonyl (C=O) groups excluding carboxylic acids is 1. The van der Waals surface area contributed by atoms with Crippen LogP contribution in [0, 0.1) is 13.8 Å². The molecule has 0 radical (unpaired) electrons. The van der Waals surface area contributed by atoms with Crippen LogP contribution in [0.5, 0.6) is 0 Å². The number of fused-ring (bicyclic) bond motifs is 1. The SMILES string of the molecule is CC(/C=C/C=C/c1cc(C)c2cc(C(C)C)ccc(C)c1-2)=C\C=O. The van der Waals surface area contributed by atoms with Crippen LogP contribution in [0.3, 0.4) is 0 Å². The van der Waals surface area contributed by atoms with E-state index in [1.807, 2.05) is 25.2 Å². The summed E-state index contributed by atoms with van der Waals surface area (Å²) >= 11 is 0. The Morgan fingerprint density at radius 1 is 1.04 bits per heavy atom. The molecule has 2 aliphatic carbocycles. The Labute approximate surface area is 145 Å². The Hall–Kier alpha value is -2.41. The molecule has 0 aromatic rings. The highest BCUT2D eigenvalue weighted by molar-refractivity contribution is 5.84. The number of aldehydes is 1. The standard InChI is InChI=1S/C23H26O/c1-16(2)20-11-10-18(4)23-21(14-19(5)22(23)15-20)9-7-6-8-17(3)12-13-24/h6-16H,1-5H3/b8-6+,9-7+,17-12+. The van der Waals surface area contributed by atoms with Crippen LogP contribution in [0.4, 0.5) is 0 Å². The van der Waals surface area contributed by atoms with Gasteiger partial charge in [0.1, 0.15) is 6.29 Å². The second-order valence-corrected chi connectivity index (χ2v) is 6.65. The van der Waals surface area contributed by atoms with Crippen LogP contribution in [0.2, 0.25) is 0 Å². The van der Waals surface area contributed by atoms with Crippen LogP contribution in [0.25, 0.3) is 17.2 Å². The molecule has 0 aliphatic heterocycles. The molecule has 2 aliphatic rings. The average Bonchev–Trinajstić information content (AvgIpc) is 2.71. The maximum Gasteiger partial charge on any atom is 0.143 e. The third-order valence-electron chi connectivity index (χ3n) is 4.33. The van der Waals surface area contributed by atoms with Crippen molar-refractivity contribution >= 4 is 12.4 Å². The molecule has 24 heavy (non-hydrogen) atoms. The van der Waals surface area contributed by atoms with Gasteiger partial charge < -0.3 is 0 Å². The van der Waals surface area contributed by atoms with E-state index in [-0.39, 0.29) is 0 Å². The molecule has 0 unspecified atom stereocenters. The first-order chi connectivity index (χ1) is 11.4. The number of aryl methyl sites for hydroxylation is 2. The van der Waals surface area contributed by atoms with E-state index in [1.165, 1.54) is 33.4 Å². The van der Waals surface area contributed by atoms with Crippen molar-refractivity contribution in [3.63, 3.8) is 0 Å². The lowest BCUT2D eigenvalue weighted by Crippen LogP contribution is -1.84. The molecule has 124 valence electrons. The Kier molecular flexibility index (Phi) is 5.92. The quantitative estimate of drug-likeness (QED) is 0.362. The predicted molar refractivity (Wildman–Crippen MR) is 105 cm³/mol. The fourth-order valence-electron chi connectivity index (χ4n) is 2.90. The lowest BCUT2D eigenvalue weighted by atomic mass is 10.0. The van der Waals surface area contributed by atoms with Crippen LogP contribution < -0.4 is 0 Å². The third kappa shape index (κ3) is 4.11. The Morgan fingerprint density at radius 2 is 1.79 bits per heavy atom. The number of rotatable bonds is 5. The van der Waals surface area contributed by atoms with E-state index in [1.54, 1.807) is 6.08 Å². The zero-order valence-electron chi connectivity index (χ0n) is 15.3. The molecule has 0 bridgehead atoms. The zero-order valence-corrected chi connectivity index (χ0v) is 15.3. The van der Waals surface area contributed by atoms with Crippen LogP contribution >= 0.6 is 0 Å². The first-order valence-corrected chi connectivity index (χ1v) is 8.44. The van der Waals surface area contributed by atoms with Crippen molar-refractivity contribution in [1.29, 1.82) is 0 Å². The number of hydrogen-bond acceptors (Lipinski definition) is 1. The van der Waals surface area contributed by atoms with Crippen molar-refractivity contribution < 1.29 is 4.79 Å². The topological polar surface area (TPSA) is 17.1 Å². The molecule has 2 rings (SSSR count). The summed E-state index contributed by atoms with van der Waals surface area (Å²) in [5, 5.41) is 0. The van der Waals surface area contributed by atoms with Crippen molar-refractivity contribution in [2.45, 2.75) is 40.5 Å². The summed E-state index contributed by atoms with van der Waals surface area (Å²) in [5.74, 6) is 0.517. The second kappa shape index (κ2) is 7.92. The van der Waals surface area contributed by atoms with Gasteiger partial charge in [-0.05, 0) is 71.7 Å². The normalized spacial score (nSPS) is 12.8. The first kappa shape index (κ1) is 17.9. The summed E-state index contributed by atoms with van der Waals surface area (Å²) in [7, 11) is 0. The molecule has 1 nitrogen and oxygen atoms in total. The highest BCUT2D eigenvalue weighted by Gasteiger charge is 2.14. The van der Waals surface area contributed by atoms with Gasteiger partial charge in [-0.1, -0.05) is 62.4 Å². The maximum atomic E-state index is 10.4. The molecule has 0 aromatic carbocycles. The average molecular weight is 318 g/mol. The summed E-state index contributed by atoms with van der Waals surface area (Å²) in [6.07, 6.45) is 10.5. The molecule has 0 heterocycles. The van der Waals surface area contributed by atoms with E-state index in [0.717, 1.165) is 11.9 Å². The van der Waals surface area contributed by atoms with Crippen LogP contribution in [-0.4, -0.2) is 6.29 Å². The van der Waals surface area contributed by atoms with Crippen LogP contribution in [0.15, 0.2) is 54.1 Å². The highest BCUT2D eigenvalue weighted by atomic mass is 16.1. The number of carbonyl (C=O) groups is 1. The van der Waals surface area contributed by atoms with Crippen LogP contribution in [0.1, 0.15) is 48.9 Å². The van der Waals surface area contributed by atoms with Gasteiger partial charge in [0.2, 0.25) is 0 Å². The highest BCUT2D eigenvalue weighted by Crippen LogP contribution is 2.36. The van der Waals surface area contributed by atoms with E-state index in [4.69, 9.17) is 0 Å². The van der Waals surface area contributed by atoms with Gasteiger partial charge in [0.05, 0.1) is 0 Å². The van der Waals surface area contributed by atoms with E-state index >= 15 is 0 Å². The smallest absolute Gasteiger partial charge is 0.143 e. The van der Waals surface area contributed by atoms with Gasteiger partial charge in [0, 0.05) is 0 Å². The Bertz CT molecular complexity index is 788. The van der Waals surface area contributed by atoms with E-state index in [0.29, 0.717) is 5.92 Å². The van der Waals surface area contributed by atoms with Gasteiger partial charge in [0.25, 0.3) is 0 Å². The van der Waals surface area contributed by atoms with Crippen molar-refractivity contribution in [2.75, 3.05) is 0 Å². The lowest BCUT2D eigenvalue weighted by molar-refractivity contribution is -0.104. The molecule has 0 amide bonds. The summed E-state index contributed by atoms with van der Waals surface area (Å²) in [5.41, 5.74) is 8.82. The van der Waals surface area contributed by atoms with Gasteiger partial charge >= 0.3 is 0 Å². The van der Waals surface area contributed by atoms with Crippen molar-refractivity contribution in [1.82, 2.24) is 0 Å². The molecule has 0 N–H and O–H groups in total. The molecule has 1 heteroatoms. The Morgan fingerprint density at radius 3 is 2.46 bits per heavy atom. The van der Waals surface area contributed by atoms with E-state index < -0.39 is 0 Å². The van der Waals surface area contributed by atoms with Gasteiger partial charge in [-0.3, -0.25) is 4.79 Å². The summed E-state index contributed by atoms with van der Waals surface area (Å²) < 4.78 is 0.